The summed E-state index contributed by atoms with van der Waals surface area (Å²) in [6.45, 7) is 2.56. The van der Waals surface area contributed by atoms with Crippen molar-refractivity contribution in [3.05, 3.63) is 52.5 Å². The van der Waals surface area contributed by atoms with Crippen LogP contribution in [-0.2, 0) is 13.6 Å². The number of hydrogen-bond acceptors (Lipinski definition) is 2. The van der Waals surface area contributed by atoms with Crippen LogP contribution >= 0.6 is 11.6 Å². The SMILES string of the molecule is Cc1cc(Cl)cc(-c2nc3cc(CN)ccc3n2C)c1. The molecule has 0 bridgehead atoms. The molecule has 2 N–H and O–H groups in total. The van der Waals surface area contributed by atoms with Gasteiger partial charge in [0.05, 0.1) is 11.0 Å². The highest BCUT2D eigenvalue weighted by Gasteiger charge is 2.11. The molecule has 0 radical (unpaired) electrons. The van der Waals surface area contributed by atoms with Gasteiger partial charge in [0, 0.05) is 24.2 Å². The van der Waals surface area contributed by atoms with E-state index < -0.39 is 0 Å². The lowest BCUT2D eigenvalue weighted by Gasteiger charge is -2.04. The van der Waals surface area contributed by atoms with Crippen LogP contribution in [0.3, 0.4) is 0 Å². The average molecular weight is 286 g/mol. The first-order chi connectivity index (χ1) is 9.58. The molecule has 0 unspecified atom stereocenters. The molecule has 3 aromatic rings. The number of imidazole rings is 1. The quantitative estimate of drug-likeness (QED) is 0.781. The first-order valence-corrected chi connectivity index (χ1v) is 6.89. The summed E-state index contributed by atoms with van der Waals surface area (Å²) < 4.78 is 2.08. The number of benzene rings is 2. The fraction of sp³-hybridized carbons (Fsp3) is 0.188. The first-order valence-electron chi connectivity index (χ1n) is 6.51. The van der Waals surface area contributed by atoms with Crippen LogP contribution in [0.2, 0.25) is 5.02 Å². The fourth-order valence-corrected chi connectivity index (χ4v) is 2.79. The Morgan fingerprint density at radius 3 is 2.70 bits per heavy atom. The summed E-state index contributed by atoms with van der Waals surface area (Å²) >= 11 is 6.15. The van der Waals surface area contributed by atoms with Crippen LogP contribution in [0.4, 0.5) is 0 Å². The molecule has 4 heteroatoms. The molecule has 3 nitrogen and oxygen atoms in total. The van der Waals surface area contributed by atoms with E-state index in [4.69, 9.17) is 22.3 Å². The molecule has 0 fully saturated rings. The highest BCUT2D eigenvalue weighted by atomic mass is 35.5. The van der Waals surface area contributed by atoms with Crippen LogP contribution in [0.25, 0.3) is 22.4 Å². The lowest BCUT2D eigenvalue weighted by atomic mass is 10.1. The number of hydrogen-bond donors (Lipinski definition) is 1. The van der Waals surface area contributed by atoms with E-state index in [1.807, 2.05) is 38.2 Å². The van der Waals surface area contributed by atoms with Gasteiger partial charge in [-0.1, -0.05) is 17.7 Å². The third kappa shape index (κ3) is 2.19. The molecular formula is C16H16ClN3. The van der Waals surface area contributed by atoms with Gasteiger partial charge in [-0.25, -0.2) is 4.98 Å². The molecule has 0 aliphatic carbocycles. The molecule has 0 saturated carbocycles. The molecule has 0 spiro atoms. The minimum Gasteiger partial charge on any atom is -0.327 e. The normalized spacial score (nSPS) is 11.2. The molecule has 0 aliphatic heterocycles. The second-order valence-corrected chi connectivity index (χ2v) is 5.48. The van der Waals surface area contributed by atoms with Gasteiger partial charge in [0.2, 0.25) is 0 Å². The van der Waals surface area contributed by atoms with E-state index in [1.54, 1.807) is 0 Å². The maximum absolute atomic E-state index is 6.15. The molecule has 0 amide bonds. The Labute approximate surface area is 123 Å². The highest BCUT2D eigenvalue weighted by Crippen LogP contribution is 2.27. The van der Waals surface area contributed by atoms with Crippen molar-refractivity contribution in [3.63, 3.8) is 0 Å². The zero-order valence-electron chi connectivity index (χ0n) is 11.5. The second-order valence-electron chi connectivity index (χ2n) is 5.04. The van der Waals surface area contributed by atoms with Gasteiger partial charge >= 0.3 is 0 Å². The van der Waals surface area contributed by atoms with Gasteiger partial charge in [-0.3, -0.25) is 0 Å². The van der Waals surface area contributed by atoms with E-state index in [1.165, 1.54) is 0 Å². The predicted molar refractivity (Wildman–Crippen MR) is 83.8 cm³/mol. The van der Waals surface area contributed by atoms with Crippen molar-refractivity contribution < 1.29 is 0 Å². The monoisotopic (exact) mass is 285 g/mol. The molecular weight excluding hydrogens is 270 g/mol. The predicted octanol–water partition coefficient (Wildman–Crippen LogP) is 3.66. The minimum atomic E-state index is 0.526. The maximum atomic E-state index is 6.15. The van der Waals surface area contributed by atoms with E-state index in [2.05, 4.69) is 16.7 Å². The summed E-state index contributed by atoms with van der Waals surface area (Å²) in [6.07, 6.45) is 0. The summed E-state index contributed by atoms with van der Waals surface area (Å²) in [4.78, 5) is 4.72. The Morgan fingerprint density at radius 1 is 1.20 bits per heavy atom. The summed E-state index contributed by atoms with van der Waals surface area (Å²) in [5.74, 6) is 0.916. The lowest BCUT2D eigenvalue weighted by Crippen LogP contribution is -1.96. The molecule has 102 valence electrons. The van der Waals surface area contributed by atoms with Gasteiger partial charge in [-0.15, -0.1) is 0 Å². The zero-order chi connectivity index (χ0) is 14.3. The largest absolute Gasteiger partial charge is 0.327 e. The van der Waals surface area contributed by atoms with Crippen LogP contribution in [0.5, 0.6) is 0 Å². The van der Waals surface area contributed by atoms with Crippen molar-refractivity contribution in [1.29, 1.82) is 0 Å². The van der Waals surface area contributed by atoms with Crippen molar-refractivity contribution in [3.8, 4) is 11.4 Å². The van der Waals surface area contributed by atoms with E-state index in [0.717, 1.165) is 38.6 Å². The zero-order valence-corrected chi connectivity index (χ0v) is 12.3. The molecule has 0 saturated heterocycles. The van der Waals surface area contributed by atoms with Crippen LogP contribution in [0, 0.1) is 6.92 Å². The topological polar surface area (TPSA) is 43.8 Å². The van der Waals surface area contributed by atoms with E-state index in [0.29, 0.717) is 6.54 Å². The number of aromatic nitrogens is 2. The van der Waals surface area contributed by atoms with Gasteiger partial charge < -0.3 is 10.3 Å². The summed E-state index contributed by atoms with van der Waals surface area (Å²) in [6, 6.07) is 12.1. The third-order valence-corrected chi connectivity index (χ3v) is 3.70. The third-order valence-electron chi connectivity index (χ3n) is 3.48. The summed E-state index contributed by atoms with van der Waals surface area (Å²) in [7, 11) is 2.02. The molecule has 20 heavy (non-hydrogen) atoms. The Hall–Kier alpha value is -1.84. The number of nitrogens with two attached hydrogens (primary N) is 1. The van der Waals surface area contributed by atoms with Crippen molar-refractivity contribution in [2.75, 3.05) is 0 Å². The Balaban J connectivity index is 2.23. The van der Waals surface area contributed by atoms with Crippen molar-refractivity contribution in [2.45, 2.75) is 13.5 Å². The average Bonchev–Trinajstić information content (AvgIpc) is 2.74. The number of aryl methyl sites for hydroxylation is 2. The lowest BCUT2D eigenvalue weighted by molar-refractivity contribution is 0.958. The molecule has 1 heterocycles. The maximum Gasteiger partial charge on any atom is 0.140 e. The Kier molecular flexibility index (Phi) is 3.24. The smallest absolute Gasteiger partial charge is 0.140 e. The van der Waals surface area contributed by atoms with Crippen molar-refractivity contribution in [1.82, 2.24) is 9.55 Å². The highest BCUT2D eigenvalue weighted by molar-refractivity contribution is 6.30. The molecule has 0 aliphatic rings. The van der Waals surface area contributed by atoms with E-state index >= 15 is 0 Å². The van der Waals surface area contributed by atoms with Gasteiger partial charge in [0.1, 0.15) is 5.82 Å². The second kappa shape index (κ2) is 4.93. The van der Waals surface area contributed by atoms with Gasteiger partial charge in [0.15, 0.2) is 0 Å². The Bertz CT molecular complexity index is 770. The number of nitrogens with zero attached hydrogens (tertiary/aromatic N) is 2. The number of fused-ring (bicyclic) bond motifs is 1. The number of halogens is 1. The van der Waals surface area contributed by atoms with Crippen LogP contribution in [-0.4, -0.2) is 9.55 Å². The first kappa shape index (κ1) is 13.2. The molecule has 3 rings (SSSR count). The fourth-order valence-electron chi connectivity index (χ4n) is 2.50. The summed E-state index contributed by atoms with van der Waals surface area (Å²) in [5, 5.41) is 0.731. The van der Waals surface area contributed by atoms with Crippen LogP contribution < -0.4 is 5.73 Å². The van der Waals surface area contributed by atoms with Gasteiger partial charge in [-0.2, -0.15) is 0 Å². The molecule has 2 aromatic carbocycles. The Morgan fingerprint density at radius 2 is 2.00 bits per heavy atom. The standard InChI is InChI=1S/C16H16ClN3/c1-10-5-12(8-13(17)6-10)16-19-14-7-11(9-18)3-4-15(14)20(16)2/h3-8H,9,18H2,1-2H3. The van der Waals surface area contributed by atoms with Gasteiger partial charge in [-0.05, 0) is 48.4 Å². The van der Waals surface area contributed by atoms with Crippen LogP contribution in [0.15, 0.2) is 36.4 Å². The molecule has 0 atom stereocenters. The van der Waals surface area contributed by atoms with E-state index in [9.17, 15) is 0 Å². The van der Waals surface area contributed by atoms with E-state index in [-0.39, 0.29) is 0 Å². The minimum absolute atomic E-state index is 0.526. The number of rotatable bonds is 2. The summed E-state index contributed by atoms with van der Waals surface area (Å²) in [5.41, 5.74) is 11.0. The van der Waals surface area contributed by atoms with Crippen LogP contribution in [0.1, 0.15) is 11.1 Å². The van der Waals surface area contributed by atoms with Gasteiger partial charge in [0.25, 0.3) is 0 Å². The van der Waals surface area contributed by atoms with Crippen molar-refractivity contribution >= 4 is 22.6 Å². The molecule has 1 aromatic heterocycles. The van der Waals surface area contributed by atoms with Crippen molar-refractivity contribution in [2.24, 2.45) is 12.8 Å².